The molecule has 1 atom stereocenters. The first kappa shape index (κ1) is 22.9. The van der Waals surface area contributed by atoms with Crippen molar-refractivity contribution >= 4 is 63.3 Å². The van der Waals surface area contributed by atoms with E-state index >= 15 is 0 Å². The number of aromatic nitrogens is 3. The molecule has 0 aliphatic rings. The van der Waals surface area contributed by atoms with Crippen molar-refractivity contribution in [2.75, 3.05) is 0 Å². The van der Waals surface area contributed by atoms with Crippen molar-refractivity contribution in [3.05, 3.63) is 91.9 Å². The van der Waals surface area contributed by atoms with Crippen LogP contribution in [0.3, 0.4) is 0 Å². The first-order valence-electron chi connectivity index (χ1n) is 9.80. The highest BCUT2D eigenvalue weighted by Crippen LogP contribution is 2.32. The van der Waals surface area contributed by atoms with Crippen LogP contribution >= 0.6 is 46.4 Å². The second-order valence-electron chi connectivity index (χ2n) is 7.31. The molecular weight excluding hydrogens is 490 g/mol. The van der Waals surface area contributed by atoms with Gasteiger partial charge in [0, 0.05) is 35.4 Å². The number of fused-ring (bicyclic) bond motifs is 1. The van der Waals surface area contributed by atoms with E-state index in [2.05, 4.69) is 10.3 Å². The predicted molar refractivity (Wildman–Crippen MR) is 130 cm³/mol. The smallest absolute Gasteiger partial charge is 0.243 e. The number of carbonyl (C=O) groups is 1. The lowest BCUT2D eigenvalue weighted by Gasteiger charge is -2.18. The summed E-state index contributed by atoms with van der Waals surface area (Å²) < 4.78 is 1.87. The fourth-order valence-corrected chi connectivity index (χ4v) is 4.28. The summed E-state index contributed by atoms with van der Waals surface area (Å²) in [5.41, 5.74) is 3.16. The molecule has 0 saturated heterocycles. The molecule has 0 bridgehead atoms. The van der Waals surface area contributed by atoms with Gasteiger partial charge in [0.1, 0.15) is 11.9 Å². The third-order valence-corrected chi connectivity index (χ3v) is 6.46. The lowest BCUT2D eigenvalue weighted by Crippen LogP contribution is -2.31. The highest BCUT2D eigenvalue weighted by molar-refractivity contribution is 6.42. The first-order valence-corrected chi connectivity index (χ1v) is 11.3. The normalized spacial score (nSPS) is 12.2. The highest BCUT2D eigenvalue weighted by atomic mass is 35.5. The number of halogens is 4. The van der Waals surface area contributed by atoms with Gasteiger partial charge in [0.25, 0.3) is 0 Å². The van der Waals surface area contributed by atoms with Gasteiger partial charge < -0.3 is 9.88 Å². The van der Waals surface area contributed by atoms with Crippen molar-refractivity contribution in [1.82, 2.24) is 19.9 Å². The molecule has 0 radical (unpaired) electrons. The lowest BCUT2D eigenvalue weighted by atomic mass is 10.1. The van der Waals surface area contributed by atoms with E-state index in [1.54, 1.807) is 36.7 Å². The Morgan fingerprint density at radius 2 is 1.72 bits per heavy atom. The standard InChI is InChI=1S/C23H18Cl4N4O/c1-13(23(32)29-12-14-4-6-28-7-5-14)31-21-11-19(27)18(26)10-20(21)30-22(31)8-15-2-3-16(24)9-17(15)25/h2-7,9-11,13H,8,12H2,1H3,(H,29,32)/t13-/m1/s1. The summed E-state index contributed by atoms with van der Waals surface area (Å²) in [5, 5.41) is 4.84. The molecule has 0 fully saturated rings. The van der Waals surface area contributed by atoms with Gasteiger partial charge in [-0.3, -0.25) is 9.78 Å². The summed E-state index contributed by atoms with van der Waals surface area (Å²) in [6.07, 6.45) is 3.78. The minimum absolute atomic E-state index is 0.157. The molecule has 2 aromatic carbocycles. The molecule has 32 heavy (non-hydrogen) atoms. The number of amides is 1. The van der Waals surface area contributed by atoms with E-state index in [9.17, 15) is 4.79 Å². The van der Waals surface area contributed by atoms with Crippen molar-refractivity contribution < 1.29 is 4.79 Å². The van der Waals surface area contributed by atoms with Crippen LogP contribution < -0.4 is 5.32 Å². The molecule has 0 aliphatic heterocycles. The summed E-state index contributed by atoms with van der Waals surface area (Å²) in [6, 6.07) is 11.9. The van der Waals surface area contributed by atoms with E-state index in [0.717, 1.165) is 11.1 Å². The van der Waals surface area contributed by atoms with E-state index < -0.39 is 6.04 Å². The minimum atomic E-state index is -0.555. The van der Waals surface area contributed by atoms with Crippen molar-refractivity contribution in [1.29, 1.82) is 0 Å². The molecule has 5 nitrogen and oxygen atoms in total. The number of imidazole rings is 1. The molecule has 0 saturated carbocycles. The number of hydrogen-bond acceptors (Lipinski definition) is 3. The van der Waals surface area contributed by atoms with Crippen molar-refractivity contribution in [2.24, 2.45) is 0 Å². The number of hydrogen-bond donors (Lipinski definition) is 1. The Balaban J connectivity index is 1.71. The van der Waals surface area contributed by atoms with Crippen LogP contribution in [0.25, 0.3) is 11.0 Å². The number of pyridine rings is 1. The van der Waals surface area contributed by atoms with Crippen LogP contribution in [0.4, 0.5) is 0 Å². The Labute approximate surface area is 205 Å². The van der Waals surface area contributed by atoms with Crippen LogP contribution in [0.1, 0.15) is 29.9 Å². The number of nitrogens with one attached hydrogen (secondary N) is 1. The third-order valence-electron chi connectivity index (χ3n) is 5.15. The van der Waals surface area contributed by atoms with Crippen LogP contribution in [0, 0.1) is 0 Å². The number of carbonyl (C=O) groups excluding carboxylic acids is 1. The van der Waals surface area contributed by atoms with Gasteiger partial charge in [0.05, 0.1) is 21.1 Å². The van der Waals surface area contributed by atoms with Crippen molar-refractivity contribution in [2.45, 2.75) is 25.9 Å². The number of rotatable bonds is 6. The summed E-state index contributed by atoms with van der Waals surface area (Å²) in [6.45, 7) is 2.21. The third kappa shape index (κ3) is 4.86. The molecule has 0 aliphatic carbocycles. The second kappa shape index (κ2) is 9.67. The van der Waals surface area contributed by atoms with E-state index in [-0.39, 0.29) is 5.91 Å². The van der Waals surface area contributed by atoms with Gasteiger partial charge in [0.2, 0.25) is 5.91 Å². The van der Waals surface area contributed by atoms with Crippen molar-refractivity contribution in [3.63, 3.8) is 0 Å². The molecule has 0 spiro atoms. The Hall–Kier alpha value is -2.31. The van der Waals surface area contributed by atoms with Gasteiger partial charge in [-0.2, -0.15) is 0 Å². The number of benzene rings is 2. The molecule has 164 valence electrons. The molecule has 2 aromatic heterocycles. The molecule has 4 rings (SSSR count). The maximum atomic E-state index is 13.0. The summed E-state index contributed by atoms with van der Waals surface area (Å²) in [7, 11) is 0. The number of nitrogens with zero attached hydrogens (tertiary/aromatic N) is 3. The highest BCUT2D eigenvalue weighted by Gasteiger charge is 2.23. The average Bonchev–Trinajstić information content (AvgIpc) is 3.11. The average molecular weight is 508 g/mol. The van der Waals surface area contributed by atoms with Gasteiger partial charge in [-0.1, -0.05) is 52.5 Å². The van der Waals surface area contributed by atoms with Crippen LogP contribution in [0.5, 0.6) is 0 Å². The van der Waals surface area contributed by atoms with Gasteiger partial charge in [-0.05, 0) is 54.4 Å². The fraction of sp³-hybridized carbons (Fsp3) is 0.174. The molecule has 1 N–H and O–H groups in total. The zero-order chi connectivity index (χ0) is 22.8. The lowest BCUT2D eigenvalue weighted by molar-refractivity contribution is -0.124. The molecule has 0 unspecified atom stereocenters. The van der Waals surface area contributed by atoms with E-state index in [0.29, 0.717) is 49.9 Å². The predicted octanol–water partition coefficient (Wildman–Crippen LogP) is 6.51. The zero-order valence-electron chi connectivity index (χ0n) is 16.9. The van der Waals surface area contributed by atoms with Gasteiger partial charge in [-0.25, -0.2) is 4.98 Å². The summed E-state index contributed by atoms with van der Waals surface area (Å²) in [4.78, 5) is 21.8. The SMILES string of the molecule is C[C@H](C(=O)NCc1ccncc1)n1c(Cc2ccc(Cl)cc2Cl)nc2cc(Cl)c(Cl)cc21. The Morgan fingerprint density at radius 1 is 1.00 bits per heavy atom. The van der Waals surface area contributed by atoms with E-state index in [1.165, 1.54) is 0 Å². The minimum Gasteiger partial charge on any atom is -0.350 e. The zero-order valence-corrected chi connectivity index (χ0v) is 20.0. The van der Waals surface area contributed by atoms with Gasteiger partial charge in [0.15, 0.2) is 0 Å². The molecule has 1 amide bonds. The first-order chi connectivity index (χ1) is 15.3. The summed E-state index contributed by atoms with van der Waals surface area (Å²) >= 11 is 24.9. The monoisotopic (exact) mass is 506 g/mol. The molecule has 4 aromatic rings. The quantitative estimate of drug-likeness (QED) is 0.323. The van der Waals surface area contributed by atoms with Crippen LogP contribution in [-0.2, 0) is 17.8 Å². The maximum absolute atomic E-state index is 13.0. The van der Waals surface area contributed by atoms with Crippen LogP contribution in [0.15, 0.2) is 54.9 Å². The largest absolute Gasteiger partial charge is 0.350 e. The summed E-state index contributed by atoms with van der Waals surface area (Å²) in [5.74, 6) is 0.504. The topological polar surface area (TPSA) is 59.8 Å². The maximum Gasteiger partial charge on any atom is 0.243 e. The molecule has 2 heterocycles. The second-order valence-corrected chi connectivity index (χ2v) is 8.97. The Morgan fingerprint density at radius 3 is 2.44 bits per heavy atom. The van der Waals surface area contributed by atoms with Crippen LogP contribution in [0.2, 0.25) is 20.1 Å². The van der Waals surface area contributed by atoms with Gasteiger partial charge >= 0.3 is 0 Å². The van der Waals surface area contributed by atoms with Crippen molar-refractivity contribution in [3.8, 4) is 0 Å². The van der Waals surface area contributed by atoms with E-state index in [4.69, 9.17) is 51.4 Å². The Bertz CT molecular complexity index is 1290. The Kier molecular flexibility index (Phi) is 6.91. The van der Waals surface area contributed by atoms with E-state index in [1.807, 2.05) is 29.7 Å². The van der Waals surface area contributed by atoms with Gasteiger partial charge in [-0.15, -0.1) is 0 Å². The van der Waals surface area contributed by atoms with Crippen LogP contribution in [-0.4, -0.2) is 20.4 Å². The fourth-order valence-electron chi connectivity index (χ4n) is 3.49. The molecule has 9 heteroatoms. The molecular formula is C23H18Cl4N4O.